The van der Waals surface area contributed by atoms with Crippen molar-refractivity contribution in [1.29, 1.82) is 0 Å². The Kier molecular flexibility index (Phi) is 4.75. The Labute approximate surface area is 132 Å². The van der Waals surface area contributed by atoms with Gasteiger partial charge in [-0.25, -0.2) is 0 Å². The molecule has 0 atom stereocenters. The molecule has 0 spiro atoms. The Hall–Kier alpha value is -3.15. The van der Waals surface area contributed by atoms with Gasteiger partial charge in [-0.2, -0.15) is 0 Å². The number of aromatic hydroxyl groups is 1. The molecule has 23 heavy (non-hydrogen) atoms. The predicted octanol–water partition coefficient (Wildman–Crippen LogP) is 2.51. The number of nitrogens with one attached hydrogen (secondary N) is 1. The lowest BCUT2D eigenvalue weighted by atomic mass is 10.0. The first-order valence-electron chi connectivity index (χ1n) is 6.81. The highest BCUT2D eigenvalue weighted by Crippen LogP contribution is 2.28. The van der Waals surface area contributed by atoms with Crippen LogP contribution in [-0.2, 0) is 9.59 Å². The van der Waals surface area contributed by atoms with Gasteiger partial charge in [0, 0.05) is 19.5 Å². The summed E-state index contributed by atoms with van der Waals surface area (Å²) in [4.78, 5) is 35.0. The highest BCUT2D eigenvalue weighted by atomic mass is 16.5. The normalized spacial score (nSPS) is 10.0. The Morgan fingerprint density at radius 3 is 2.30 bits per heavy atom. The first-order valence-corrected chi connectivity index (χ1v) is 6.81. The highest BCUT2D eigenvalue weighted by molar-refractivity contribution is 6.13. The number of carbonyl (C=O) groups excluding carboxylic acids is 3. The Bertz CT molecular complexity index is 782. The lowest BCUT2D eigenvalue weighted by Gasteiger charge is -2.11. The number of para-hydroxylation sites is 1. The van der Waals surface area contributed by atoms with Crippen molar-refractivity contribution in [1.82, 2.24) is 0 Å². The summed E-state index contributed by atoms with van der Waals surface area (Å²) in [5, 5.41) is 12.4. The van der Waals surface area contributed by atoms with Gasteiger partial charge in [0.1, 0.15) is 11.5 Å². The van der Waals surface area contributed by atoms with E-state index in [-0.39, 0.29) is 28.5 Å². The summed E-state index contributed by atoms with van der Waals surface area (Å²) >= 11 is 0. The molecular weight excluding hydrogens is 298 g/mol. The largest absolute Gasteiger partial charge is 0.507 e. The predicted molar refractivity (Wildman–Crippen MR) is 83.6 cm³/mol. The molecule has 0 unspecified atom stereocenters. The zero-order valence-corrected chi connectivity index (χ0v) is 12.6. The minimum atomic E-state index is -0.580. The van der Waals surface area contributed by atoms with Crippen molar-refractivity contribution >= 4 is 23.3 Å². The number of benzene rings is 2. The van der Waals surface area contributed by atoms with Gasteiger partial charge in [-0.05, 0) is 30.3 Å². The van der Waals surface area contributed by atoms with Crippen molar-refractivity contribution in [2.45, 2.75) is 13.8 Å². The van der Waals surface area contributed by atoms with Crippen molar-refractivity contribution < 1.29 is 24.2 Å². The maximum absolute atomic E-state index is 12.6. The SMILES string of the molecule is CC(=O)Nc1ccc(OC(C)=O)c(C(=O)c2ccccc2O)c1. The first-order chi connectivity index (χ1) is 10.9. The van der Waals surface area contributed by atoms with Gasteiger partial charge in [0.25, 0.3) is 0 Å². The maximum atomic E-state index is 12.6. The molecule has 0 bridgehead atoms. The zero-order chi connectivity index (χ0) is 17.0. The van der Waals surface area contributed by atoms with Crippen LogP contribution in [0, 0.1) is 0 Å². The van der Waals surface area contributed by atoms with Crippen LogP contribution in [0.1, 0.15) is 29.8 Å². The van der Waals surface area contributed by atoms with Crippen LogP contribution in [0.25, 0.3) is 0 Å². The van der Waals surface area contributed by atoms with Gasteiger partial charge in [-0.15, -0.1) is 0 Å². The standard InChI is InChI=1S/C17H15NO5/c1-10(19)18-12-7-8-16(23-11(2)20)14(9-12)17(22)13-5-3-4-6-15(13)21/h3-9,21H,1-2H3,(H,18,19). The fourth-order valence-corrected chi connectivity index (χ4v) is 2.04. The fraction of sp³-hybridized carbons (Fsp3) is 0.118. The molecule has 0 aliphatic carbocycles. The summed E-state index contributed by atoms with van der Waals surface area (Å²) in [5.41, 5.74) is 0.515. The average Bonchev–Trinajstić information content (AvgIpc) is 2.47. The molecule has 0 heterocycles. The Morgan fingerprint density at radius 1 is 1.00 bits per heavy atom. The highest BCUT2D eigenvalue weighted by Gasteiger charge is 2.19. The maximum Gasteiger partial charge on any atom is 0.308 e. The van der Waals surface area contributed by atoms with Crippen molar-refractivity contribution in [3.8, 4) is 11.5 Å². The second-order valence-electron chi connectivity index (χ2n) is 4.83. The van der Waals surface area contributed by atoms with E-state index in [1.165, 1.54) is 44.2 Å². The van der Waals surface area contributed by atoms with Crippen molar-refractivity contribution in [3.63, 3.8) is 0 Å². The van der Waals surface area contributed by atoms with E-state index < -0.39 is 11.8 Å². The van der Waals surface area contributed by atoms with E-state index in [2.05, 4.69) is 5.32 Å². The Balaban J connectivity index is 2.52. The summed E-state index contributed by atoms with van der Waals surface area (Å²) < 4.78 is 5.03. The monoisotopic (exact) mass is 313 g/mol. The molecule has 6 nitrogen and oxygen atoms in total. The minimum absolute atomic E-state index is 0.0554. The number of phenols is 1. The summed E-state index contributed by atoms with van der Waals surface area (Å²) in [5.74, 6) is -1.53. The van der Waals surface area contributed by atoms with E-state index in [0.29, 0.717) is 5.69 Å². The van der Waals surface area contributed by atoms with E-state index >= 15 is 0 Å². The van der Waals surface area contributed by atoms with E-state index in [1.807, 2.05) is 0 Å². The van der Waals surface area contributed by atoms with Crippen LogP contribution in [0.4, 0.5) is 5.69 Å². The van der Waals surface area contributed by atoms with E-state index in [9.17, 15) is 19.5 Å². The van der Waals surface area contributed by atoms with Crippen molar-refractivity contribution in [2.75, 3.05) is 5.32 Å². The summed E-state index contributed by atoms with van der Waals surface area (Å²) in [6.45, 7) is 2.56. The number of rotatable bonds is 4. The third-order valence-corrected chi connectivity index (χ3v) is 2.95. The minimum Gasteiger partial charge on any atom is -0.507 e. The smallest absolute Gasteiger partial charge is 0.308 e. The number of amides is 1. The molecule has 2 aromatic carbocycles. The lowest BCUT2D eigenvalue weighted by Crippen LogP contribution is -2.11. The van der Waals surface area contributed by atoms with Crippen LogP contribution in [-0.4, -0.2) is 22.8 Å². The van der Waals surface area contributed by atoms with Gasteiger partial charge in [-0.3, -0.25) is 14.4 Å². The number of ether oxygens (including phenoxy) is 1. The van der Waals surface area contributed by atoms with Gasteiger partial charge < -0.3 is 15.2 Å². The third-order valence-electron chi connectivity index (χ3n) is 2.95. The van der Waals surface area contributed by atoms with Gasteiger partial charge in [0.05, 0.1) is 11.1 Å². The molecule has 0 aromatic heterocycles. The number of phenolic OH excluding ortho intramolecular Hbond substituents is 1. The summed E-state index contributed by atoms with van der Waals surface area (Å²) in [6.07, 6.45) is 0. The molecule has 2 aromatic rings. The van der Waals surface area contributed by atoms with Crippen LogP contribution in [0.5, 0.6) is 11.5 Å². The van der Waals surface area contributed by atoms with Crippen LogP contribution in [0.3, 0.4) is 0 Å². The lowest BCUT2D eigenvalue weighted by molar-refractivity contribution is -0.131. The van der Waals surface area contributed by atoms with E-state index in [4.69, 9.17) is 4.74 Å². The number of esters is 1. The zero-order valence-electron chi connectivity index (χ0n) is 12.6. The molecule has 0 aliphatic rings. The molecule has 0 radical (unpaired) electrons. The number of carbonyl (C=O) groups is 3. The van der Waals surface area contributed by atoms with E-state index in [1.54, 1.807) is 12.1 Å². The number of ketones is 1. The molecule has 0 saturated carbocycles. The van der Waals surface area contributed by atoms with Gasteiger partial charge in [-0.1, -0.05) is 12.1 Å². The molecule has 0 fully saturated rings. The van der Waals surface area contributed by atoms with Gasteiger partial charge in [0.15, 0.2) is 0 Å². The van der Waals surface area contributed by atoms with Crippen molar-refractivity contribution in [2.24, 2.45) is 0 Å². The van der Waals surface area contributed by atoms with Crippen LogP contribution in [0.2, 0.25) is 0 Å². The molecule has 118 valence electrons. The van der Waals surface area contributed by atoms with E-state index in [0.717, 1.165) is 0 Å². The number of hydrogen-bond donors (Lipinski definition) is 2. The third kappa shape index (κ3) is 3.94. The molecule has 6 heteroatoms. The van der Waals surface area contributed by atoms with Crippen LogP contribution >= 0.6 is 0 Å². The van der Waals surface area contributed by atoms with Gasteiger partial charge in [0.2, 0.25) is 11.7 Å². The summed E-state index contributed by atoms with van der Waals surface area (Å²) in [7, 11) is 0. The van der Waals surface area contributed by atoms with Crippen LogP contribution in [0.15, 0.2) is 42.5 Å². The molecule has 2 rings (SSSR count). The van der Waals surface area contributed by atoms with Crippen LogP contribution < -0.4 is 10.1 Å². The first kappa shape index (κ1) is 16.2. The molecular formula is C17H15NO5. The van der Waals surface area contributed by atoms with Gasteiger partial charge >= 0.3 is 5.97 Å². The quantitative estimate of drug-likeness (QED) is 0.514. The molecule has 2 N–H and O–H groups in total. The second-order valence-corrected chi connectivity index (χ2v) is 4.83. The van der Waals surface area contributed by atoms with Crippen molar-refractivity contribution in [3.05, 3.63) is 53.6 Å². The molecule has 1 amide bonds. The molecule has 0 aliphatic heterocycles. The second kappa shape index (κ2) is 6.74. The number of hydrogen-bond acceptors (Lipinski definition) is 5. The number of anilines is 1. The summed E-state index contributed by atoms with van der Waals surface area (Å²) in [6, 6.07) is 10.4. The Morgan fingerprint density at radius 2 is 1.70 bits per heavy atom. The molecule has 0 saturated heterocycles. The fourth-order valence-electron chi connectivity index (χ4n) is 2.04. The topological polar surface area (TPSA) is 92.7 Å². The average molecular weight is 313 g/mol.